The molecule has 0 saturated heterocycles. The lowest BCUT2D eigenvalue weighted by atomic mass is 10.1. The molecular formula is C21H19NO3. The standard InChI is InChI=1S/C21H19NO3/c23-21-13-24-12-17-9-16(7-8-18(17)22(21)11-14-5-6-14)20-10-15-3-1-2-4-19(15)25-20/h1-4,7-10,14H,5-6,11-13H2. The summed E-state index contributed by atoms with van der Waals surface area (Å²) in [7, 11) is 0. The molecule has 1 aromatic heterocycles. The van der Waals surface area contributed by atoms with Crippen molar-refractivity contribution >= 4 is 22.6 Å². The number of furan rings is 1. The zero-order valence-corrected chi connectivity index (χ0v) is 13.9. The van der Waals surface area contributed by atoms with Gasteiger partial charge in [-0.05, 0) is 49.1 Å². The largest absolute Gasteiger partial charge is 0.456 e. The van der Waals surface area contributed by atoms with Crippen molar-refractivity contribution in [1.82, 2.24) is 0 Å². The van der Waals surface area contributed by atoms with Crippen LogP contribution in [0.3, 0.4) is 0 Å². The second-order valence-electron chi connectivity index (χ2n) is 6.93. The number of nitrogens with zero attached hydrogens (tertiary/aromatic N) is 1. The minimum Gasteiger partial charge on any atom is -0.456 e. The second kappa shape index (κ2) is 5.74. The fourth-order valence-corrected chi connectivity index (χ4v) is 3.46. The average Bonchev–Trinajstić information content (AvgIpc) is 3.37. The Morgan fingerprint density at radius 2 is 1.92 bits per heavy atom. The van der Waals surface area contributed by atoms with Gasteiger partial charge in [-0.3, -0.25) is 4.79 Å². The molecule has 1 aliphatic carbocycles. The molecule has 5 rings (SSSR count). The molecule has 0 atom stereocenters. The Hall–Kier alpha value is -2.59. The van der Waals surface area contributed by atoms with Gasteiger partial charge in [0.1, 0.15) is 18.0 Å². The second-order valence-corrected chi connectivity index (χ2v) is 6.93. The zero-order chi connectivity index (χ0) is 16.8. The van der Waals surface area contributed by atoms with E-state index in [9.17, 15) is 4.79 Å². The number of amides is 1. The lowest BCUT2D eigenvalue weighted by Gasteiger charge is -2.22. The van der Waals surface area contributed by atoms with Gasteiger partial charge < -0.3 is 14.1 Å². The van der Waals surface area contributed by atoms with Crippen LogP contribution < -0.4 is 4.90 Å². The van der Waals surface area contributed by atoms with Crippen LogP contribution in [-0.2, 0) is 16.1 Å². The summed E-state index contributed by atoms with van der Waals surface area (Å²) < 4.78 is 11.6. The van der Waals surface area contributed by atoms with Crippen molar-refractivity contribution < 1.29 is 13.9 Å². The van der Waals surface area contributed by atoms with E-state index >= 15 is 0 Å². The van der Waals surface area contributed by atoms with Crippen LogP contribution in [0.15, 0.2) is 52.9 Å². The van der Waals surface area contributed by atoms with Gasteiger partial charge >= 0.3 is 0 Å². The van der Waals surface area contributed by atoms with Crippen LogP contribution in [0.25, 0.3) is 22.3 Å². The maximum atomic E-state index is 12.4. The average molecular weight is 333 g/mol. The van der Waals surface area contributed by atoms with Crippen LogP contribution in [0.5, 0.6) is 0 Å². The molecule has 0 radical (unpaired) electrons. The minimum atomic E-state index is 0.0575. The molecule has 126 valence electrons. The first kappa shape index (κ1) is 14.7. The van der Waals surface area contributed by atoms with Gasteiger partial charge in [0, 0.05) is 28.7 Å². The van der Waals surface area contributed by atoms with Crippen LogP contribution in [0.2, 0.25) is 0 Å². The minimum absolute atomic E-state index is 0.0575. The number of carbonyl (C=O) groups is 1. The number of rotatable bonds is 3. The molecule has 0 N–H and O–H groups in total. The van der Waals surface area contributed by atoms with E-state index in [0.717, 1.165) is 40.1 Å². The molecule has 3 aromatic rings. The number of ether oxygens (including phenoxy) is 1. The highest BCUT2D eigenvalue weighted by Crippen LogP contribution is 2.36. The van der Waals surface area contributed by atoms with Gasteiger partial charge in [-0.1, -0.05) is 18.2 Å². The number of para-hydroxylation sites is 1. The summed E-state index contributed by atoms with van der Waals surface area (Å²) in [6, 6.07) is 16.2. The van der Waals surface area contributed by atoms with Crippen LogP contribution in [-0.4, -0.2) is 19.1 Å². The number of carbonyl (C=O) groups excluding carboxylic acids is 1. The van der Waals surface area contributed by atoms with E-state index in [4.69, 9.17) is 9.15 Å². The smallest absolute Gasteiger partial charge is 0.253 e. The molecule has 1 saturated carbocycles. The van der Waals surface area contributed by atoms with Crippen LogP contribution in [0.1, 0.15) is 18.4 Å². The van der Waals surface area contributed by atoms with Crippen molar-refractivity contribution in [2.24, 2.45) is 5.92 Å². The highest BCUT2D eigenvalue weighted by molar-refractivity contribution is 5.96. The van der Waals surface area contributed by atoms with Gasteiger partial charge in [-0.15, -0.1) is 0 Å². The molecule has 2 heterocycles. The summed E-state index contributed by atoms with van der Waals surface area (Å²) in [5.74, 6) is 1.54. The number of fused-ring (bicyclic) bond motifs is 2. The molecule has 2 aliphatic rings. The summed E-state index contributed by atoms with van der Waals surface area (Å²) in [6.07, 6.45) is 2.44. The van der Waals surface area contributed by atoms with Crippen LogP contribution in [0, 0.1) is 5.92 Å². The highest BCUT2D eigenvalue weighted by atomic mass is 16.5. The summed E-state index contributed by atoms with van der Waals surface area (Å²) in [6.45, 7) is 1.41. The summed E-state index contributed by atoms with van der Waals surface area (Å²) >= 11 is 0. The Balaban J connectivity index is 1.55. The first-order valence-corrected chi connectivity index (χ1v) is 8.78. The van der Waals surface area contributed by atoms with Crippen molar-refractivity contribution in [2.75, 3.05) is 18.1 Å². The molecular weight excluding hydrogens is 314 g/mol. The molecule has 1 aliphatic heterocycles. The molecule has 0 bridgehead atoms. The summed E-state index contributed by atoms with van der Waals surface area (Å²) in [5.41, 5.74) is 3.92. The first-order valence-electron chi connectivity index (χ1n) is 8.78. The molecule has 1 fully saturated rings. The SMILES string of the molecule is O=C1COCc2cc(-c3cc4ccccc4o3)ccc2N1CC1CC1. The zero-order valence-electron chi connectivity index (χ0n) is 13.9. The van der Waals surface area contributed by atoms with Gasteiger partial charge in [-0.25, -0.2) is 0 Å². The third kappa shape index (κ3) is 2.72. The number of benzene rings is 2. The number of hydrogen-bond donors (Lipinski definition) is 0. The van der Waals surface area contributed by atoms with Gasteiger partial charge in [-0.2, -0.15) is 0 Å². The highest BCUT2D eigenvalue weighted by Gasteiger charge is 2.30. The Labute approximate surface area is 146 Å². The number of hydrogen-bond acceptors (Lipinski definition) is 3. The molecule has 0 spiro atoms. The Morgan fingerprint density at radius 1 is 1.04 bits per heavy atom. The van der Waals surface area contributed by atoms with Gasteiger partial charge in [0.15, 0.2) is 0 Å². The maximum absolute atomic E-state index is 12.4. The number of anilines is 1. The van der Waals surface area contributed by atoms with Crippen molar-refractivity contribution in [3.8, 4) is 11.3 Å². The summed E-state index contributed by atoms with van der Waals surface area (Å²) in [4.78, 5) is 14.3. The van der Waals surface area contributed by atoms with Gasteiger partial charge in [0.2, 0.25) is 0 Å². The van der Waals surface area contributed by atoms with Crippen LogP contribution in [0.4, 0.5) is 5.69 Å². The summed E-state index contributed by atoms with van der Waals surface area (Å²) in [5, 5.41) is 1.09. The Bertz CT molecular complexity index is 922. The van der Waals surface area contributed by atoms with E-state index in [1.807, 2.05) is 41.3 Å². The third-order valence-corrected chi connectivity index (χ3v) is 5.00. The van der Waals surface area contributed by atoms with E-state index in [2.05, 4.69) is 12.1 Å². The molecule has 4 heteroatoms. The molecule has 0 unspecified atom stereocenters. The van der Waals surface area contributed by atoms with E-state index in [1.54, 1.807) is 0 Å². The topological polar surface area (TPSA) is 42.7 Å². The van der Waals surface area contributed by atoms with Crippen LogP contribution >= 0.6 is 0 Å². The van der Waals surface area contributed by atoms with Crippen molar-refractivity contribution in [3.05, 3.63) is 54.1 Å². The third-order valence-electron chi connectivity index (χ3n) is 5.00. The van der Waals surface area contributed by atoms with E-state index in [0.29, 0.717) is 12.5 Å². The fourth-order valence-electron chi connectivity index (χ4n) is 3.46. The predicted molar refractivity (Wildman–Crippen MR) is 96.4 cm³/mol. The Kier molecular flexibility index (Phi) is 3.38. The molecule has 1 amide bonds. The van der Waals surface area contributed by atoms with Gasteiger partial charge in [0.05, 0.1) is 6.61 Å². The Morgan fingerprint density at radius 3 is 2.76 bits per heavy atom. The first-order chi connectivity index (χ1) is 12.3. The van der Waals surface area contributed by atoms with E-state index < -0.39 is 0 Å². The normalized spacial score (nSPS) is 17.6. The molecule has 4 nitrogen and oxygen atoms in total. The van der Waals surface area contributed by atoms with Gasteiger partial charge in [0.25, 0.3) is 5.91 Å². The van der Waals surface area contributed by atoms with Crippen molar-refractivity contribution in [1.29, 1.82) is 0 Å². The van der Waals surface area contributed by atoms with E-state index in [-0.39, 0.29) is 12.5 Å². The lowest BCUT2D eigenvalue weighted by Crippen LogP contribution is -2.34. The quantitative estimate of drug-likeness (QED) is 0.714. The molecule has 25 heavy (non-hydrogen) atoms. The maximum Gasteiger partial charge on any atom is 0.253 e. The van der Waals surface area contributed by atoms with Crippen molar-refractivity contribution in [2.45, 2.75) is 19.4 Å². The fraction of sp³-hybridized carbons (Fsp3) is 0.286. The predicted octanol–water partition coefficient (Wildman–Crippen LogP) is 4.37. The van der Waals surface area contributed by atoms with E-state index in [1.165, 1.54) is 12.8 Å². The monoisotopic (exact) mass is 333 g/mol. The van der Waals surface area contributed by atoms with Crippen molar-refractivity contribution in [3.63, 3.8) is 0 Å². The lowest BCUT2D eigenvalue weighted by molar-refractivity contribution is -0.123. The molecule has 2 aromatic carbocycles.